The van der Waals surface area contributed by atoms with E-state index < -0.39 is 16.1 Å². The molecule has 0 spiro atoms. The number of urea groups is 1. The smallest absolute Gasteiger partial charge is 0.330 e. The molecule has 2 heterocycles. The predicted octanol–water partition coefficient (Wildman–Crippen LogP) is 5.34. The number of nitrogens with zero attached hydrogens (tertiary/aromatic N) is 4. The van der Waals surface area contributed by atoms with Crippen molar-refractivity contribution in [3.05, 3.63) is 70.4 Å². The summed E-state index contributed by atoms with van der Waals surface area (Å²) >= 11 is 13.5. The average Bonchev–Trinajstić information content (AvgIpc) is 3.03. The summed E-state index contributed by atoms with van der Waals surface area (Å²) in [6.45, 7) is 3.59. The first-order valence-electron chi connectivity index (χ1n) is 14.7. The van der Waals surface area contributed by atoms with Crippen LogP contribution in [0, 0.1) is 0 Å². The molecule has 2 unspecified atom stereocenters. The van der Waals surface area contributed by atoms with Gasteiger partial charge in [-0.3, -0.25) is 19.3 Å². The molecule has 5 rings (SSSR count). The third-order valence-corrected chi connectivity index (χ3v) is 9.21. The Morgan fingerprint density at radius 2 is 1.79 bits per heavy atom. The average molecular weight is 705 g/mol. The van der Waals surface area contributed by atoms with Gasteiger partial charge in [-0.25, -0.2) is 18.2 Å². The fourth-order valence-corrected chi connectivity index (χ4v) is 6.99. The number of carbonyl (C=O) groups is 2. The van der Waals surface area contributed by atoms with Crippen LogP contribution in [0.2, 0.25) is 10.0 Å². The van der Waals surface area contributed by atoms with Crippen molar-refractivity contribution in [3.63, 3.8) is 0 Å². The Hall–Kier alpha value is -4.27. The van der Waals surface area contributed by atoms with Crippen LogP contribution in [0.15, 0.2) is 49.2 Å². The van der Waals surface area contributed by atoms with Crippen molar-refractivity contribution in [1.82, 2.24) is 15.3 Å². The molecule has 2 aromatic carbocycles. The summed E-state index contributed by atoms with van der Waals surface area (Å²) in [4.78, 5) is 38.7. The second-order valence-corrected chi connectivity index (χ2v) is 13.7. The van der Waals surface area contributed by atoms with Crippen LogP contribution in [0.4, 0.5) is 27.9 Å². The number of halogens is 2. The van der Waals surface area contributed by atoms with Crippen LogP contribution < -0.4 is 34.6 Å². The molecular formula is C31H35Cl2N7O6S. The largest absolute Gasteiger partial charge is 0.495 e. The third-order valence-electron chi connectivity index (χ3n) is 7.87. The highest BCUT2D eigenvalue weighted by Gasteiger charge is 2.37. The molecule has 0 bridgehead atoms. The van der Waals surface area contributed by atoms with E-state index in [2.05, 4.69) is 26.9 Å². The molecule has 1 saturated carbocycles. The number of methoxy groups -OCH3 is 2. The number of sulfonamides is 1. The van der Waals surface area contributed by atoms with Gasteiger partial charge in [-0.2, -0.15) is 4.98 Å². The maximum atomic E-state index is 14.4. The van der Waals surface area contributed by atoms with Crippen molar-refractivity contribution >= 4 is 68.3 Å². The van der Waals surface area contributed by atoms with Gasteiger partial charge in [-0.1, -0.05) is 54.8 Å². The maximum Gasteiger partial charge on any atom is 0.330 e. The van der Waals surface area contributed by atoms with E-state index in [1.165, 1.54) is 36.2 Å². The van der Waals surface area contributed by atoms with Crippen LogP contribution in [0.25, 0.3) is 0 Å². The molecule has 1 aliphatic carbocycles. The van der Waals surface area contributed by atoms with Crippen LogP contribution >= 0.6 is 23.2 Å². The number of hydrogen-bond acceptors (Lipinski definition) is 9. The summed E-state index contributed by atoms with van der Waals surface area (Å²) in [5, 5.41) is 6.56. The highest BCUT2D eigenvalue weighted by Crippen LogP contribution is 2.48. The van der Waals surface area contributed by atoms with Crippen LogP contribution in [0.3, 0.4) is 0 Å². The monoisotopic (exact) mass is 703 g/mol. The Morgan fingerprint density at radius 1 is 1.11 bits per heavy atom. The fourth-order valence-electron chi connectivity index (χ4n) is 5.73. The molecule has 3 aromatic rings. The lowest BCUT2D eigenvalue weighted by molar-refractivity contribution is -0.117. The Morgan fingerprint density at radius 3 is 2.43 bits per heavy atom. The highest BCUT2D eigenvalue weighted by atomic mass is 35.5. The summed E-state index contributed by atoms with van der Waals surface area (Å²) in [5.74, 6) is 0.884. The molecule has 0 saturated heterocycles. The summed E-state index contributed by atoms with van der Waals surface area (Å²) in [7, 11) is -0.656. The second kappa shape index (κ2) is 14.2. The number of nitrogens with one attached hydrogen (secondary N) is 3. The highest BCUT2D eigenvalue weighted by molar-refractivity contribution is 7.92. The minimum absolute atomic E-state index is 0.00978. The lowest BCUT2D eigenvalue weighted by Crippen LogP contribution is -2.49. The quantitative estimate of drug-likeness (QED) is 0.224. The number of carbonyl (C=O) groups excluding carboxylic acids is 2. The summed E-state index contributed by atoms with van der Waals surface area (Å²) in [5.41, 5.74) is 1.73. The normalized spacial score (nSPS) is 17.9. The van der Waals surface area contributed by atoms with Gasteiger partial charge in [0.2, 0.25) is 21.9 Å². The molecular weight excluding hydrogens is 669 g/mol. The summed E-state index contributed by atoms with van der Waals surface area (Å²) < 4.78 is 37.2. The van der Waals surface area contributed by atoms with Crippen molar-refractivity contribution in [2.75, 3.05) is 40.3 Å². The molecule has 47 heavy (non-hydrogen) atoms. The van der Waals surface area contributed by atoms with E-state index in [4.69, 9.17) is 37.7 Å². The van der Waals surface area contributed by atoms with Gasteiger partial charge in [0.05, 0.1) is 39.3 Å². The Kier molecular flexibility index (Phi) is 10.3. The topological polar surface area (TPSA) is 155 Å². The molecule has 16 heteroatoms. The third kappa shape index (κ3) is 7.66. The van der Waals surface area contributed by atoms with E-state index in [-0.39, 0.29) is 64.3 Å². The first-order valence-corrected chi connectivity index (χ1v) is 17.4. The number of benzene rings is 2. The van der Waals surface area contributed by atoms with Crippen molar-refractivity contribution in [3.8, 4) is 11.5 Å². The van der Waals surface area contributed by atoms with Gasteiger partial charge in [0, 0.05) is 35.6 Å². The van der Waals surface area contributed by atoms with Crippen LogP contribution in [-0.2, 0) is 27.9 Å². The van der Waals surface area contributed by atoms with Crippen molar-refractivity contribution in [1.29, 1.82) is 0 Å². The molecule has 1 fully saturated rings. The second-order valence-electron chi connectivity index (χ2n) is 11.2. The zero-order valence-electron chi connectivity index (χ0n) is 26.0. The van der Waals surface area contributed by atoms with Gasteiger partial charge in [0.15, 0.2) is 0 Å². The van der Waals surface area contributed by atoms with E-state index in [1.54, 1.807) is 30.5 Å². The van der Waals surface area contributed by atoms with Gasteiger partial charge in [0.25, 0.3) is 0 Å². The number of anilines is 4. The van der Waals surface area contributed by atoms with E-state index >= 15 is 0 Å². The Balaban J connectivity index is 1.56. The molecule has 2 atom stereocenters. The molecule has 3 N–H and O–H groups in total. The van der Waals surface area contributed by atoms with Crippen LogP contribution in [-0.4, -0.2) is 62.9 Å². The Labute approximate surface area is 283 Å². The van der Waals surface area contributed by atoms with Gasteiger partial charge < -0.3 is 20.1 Å². The first-order chi connectivity index (χ1) is 22.4. The first kappa shape index (κ1) is 34.1. The van der Waals surface area contributed by atoms with Gasteiger partial charge in [-0.05, 0) is 36.6 Å². The minimum Gasteiger partial charge on any atom is -0.495 e. The lowest BCUT2D eigenvalue weighted by Gasteiger charge is -2.37. The minimum atomic E-state index is -3.54. The SMILES string of the molecule is C=CC(=O)NC1CCCCC1Nc1ncc2c(n1)N(Cc1cccc(NS(C)(=O)=O)c1)C(=O)N(c1c(Cl)c(OC)cc(OC)c1Cl)C2. The molecule has 2 aliphatic rings. The number of aromatic nitrogens is 2. The molecule has 13 nitrogen and oxygen atoms in total. The molecule has 3 amide bonds. The predicted molar refractivity (Wildman–Crippen MR) is 182 cm³/mol. The molecule has 1 aliphatic heterocycles. The zero-order chi connectivity index (χ0) is 33.9. The van der Waals surface area contributed by atoms with Gasteiger partial charge in [-0.15, -0.1) is 0 Å². The van der Waals surface area contributed by atoms with Crippen molar-refractivity contribution in [2.45, 2.75) is 50.9 Å². The molecule has 250 valence electrons. The van der Waals surface area contributed by atoms with Crippen LogP contribution in [0.5, 0.6) is 11.5 Å². The Bertz CT molecular complexity index is 1780. The van der Waals surface area contributed by atoms with Crippen molar-refractivity contribution in [2.24, 2.45) is 0 Å². The zero-order valence-corrected chi connectivity index (χ0v) is 28.4. The number of hydrogen-bond donors (Lipinski definition) is 3. The number of rotatable bonds is 11. The van der Waals surface area contributed by atoms with Gasteiger partial charge in [0.1, 0.15) is 27.4 Å². The fraction of sp³-hybridized carbons (Fsp3) is 0.355. The van der Waals surface area contributed by atoms with Crippen molar-refractivity contribution < 1.29 is 27.5 Å². The van der Waals surface area contributed by atoms with E-state index in [0.29, 0.717) is 22.6 Å². The molecule has 0 radical (unpaired) electrons. The van der Waals surface area contributed by atoms with E-state index in [0.717, 1.165) is 31.9 Å². The number of ether oxygens (including phenoxy) is 2. The number of amides is 3. The molecule has 1 aromatic heterocycles. The van der Waals surface area contributed by atoms with Crippen LogP contribution in [0.1, 0.15) is 36.8 Å². The van der Waals surface area contributed by atoms with Gasteiger partial charge >= 0.3 is 6.03 Å². The maximum absolute atomic E-state index is 14.4. The standard InChI is InChI=1S/C31H35Cl2N7O6S/c1-5-25(41)35-21-11-6-7-12-22(21)36-30-34-15-19-17-39(28-26(32)23(45-2)14-24(46-3)27(28)33)31(42)40(29(19)37-30)16-18-9-8-10-20(13-18)38-47(4,43)44/h5,8-10,13-15,21-22,38H,1,6-7,11-12,16-17H2,2-4H3,(H,35,41)(H,34,36,37). The van der Waals surface area contributed by atoms with E-state index in [9.17, 15) is 18.0 Å². The lowest BCUT2D eigenvalue weighted by atomic mass is 9.90. The number of fused-ring (bicyclic) bond motifs is 1. The summed E-state index contributed by atoms with van der Waals surface area (Å²) in [6, 6.07) is 7.43. The summed E-state index contributed by atoms with van der Waals surface area (Å²) in [6.07, 6.45) is 7.43. The van der Waals surface area contributed by atoms with E-state index in [1.807, 2.05) is 0 Å².